The smallest absolute Gasteiger partial charge is 0.212 e. The van der Waals surface area contributed by atoms with Crippen molar-refractivity contribution in [2.75, 3.05) is 20.2 Å². The molecular formula is C17H21N3O2. The van der Waals surface area contributed by atoms with Gasteiger partial charge in [-0.15, -0.1) is 0 Å². The Morgan fingerprint density at radius 3 is 2.68 bits per heavy atom. The van der Waals surface area contributed by atoms with Crippen LogP contribution < -0.4 is 9.47 Å². The van der Waals surface area contributed by atoms with Gasteiger partial charge in [-0.3, -0.25) is 9.88 Å². The molecule has 0 N–H and O–H groups in total. The Morgan fingerprint density at radius 2 is 2.05 bits per heavy atom. The summed E-state index contributed by atoms with van der Waals surface area (Å²) in [6.45, 7) is 3.00. The Kier molecular flexibility index (Phi) is 4.85. The zero-order chi connectivity index (χ0) is 15.2. The van der Waals surface area contributed by atoms with Gasteiger partial charge in [0.25, 0.3) is 0 Å². The maximum absolute atomic E-state index is 5.97. The summed E-state index contributed by atoms with van der Waals surface area (Å²) in [6, 6.07) is 7.85. The van der Waals surface area contributed by atoms with Crippen molar-refractivity contribution in [1.29, 1.82) is 0 Å². The van der Waals surface area contributed by atoms with E-state index in [1.54, 1.807) is 19.5 Å². The minimum absolute atomic E-state index is 0.287. The van der Waals surface area contributed by atoms with E-state index in [9.17, 15) is 0 Å². The molecule has 3 heterocycles. The molecule has 1 aliphatic heterocycles. The van der Waals surface area contributed by atoms with E-state index in [0.29, 0.717) is 5.88 Å². The molecule has 0 aromatic carbocycles. The molecule has 2 aromatic heterocycles. The SMILES string of the molecule is COc1ccc(CN2CCC(Oc3cccnc3)CC2)cn1. The number of rotatable bonds is 5. The fourth-order valence-electron chi connectivity index (χ4n) is 2.68. The van der Waals surface area contributed by atoms with Gasteiger partial charge in [0.2, 0.25) is 5.88 Å². The van der Waals surface area contributed by atoms with E-state index in [2.05, 4.69) is 20.9 Å². The maximum atomic E-state index is 5.97. The highest BCUT2D eigenvalue weighted by molar-refractivity contribution is 5.18. The van der Waals surface area contributed by atoms with Crippen LogP contribution in [0.1, 0.15) is 18.4 Å². The van der Waals surface area contributed by atoms with E-state index in [1.165, 1.54) is 5.56 Å². The molecule has 5 heteroatoms. The summed E-state index contributed by atoms with van der Waals surface area (Å²) in [7, 11) is 1.63. The number of nitrogens with zero attached hydrogens (tertiary/aromatic N) is 3. The van der Waals surface area contributed by atoms with Gasteiger partial charge in [-0.1, -0.05) is 6.07 Å². The molecule has 0 aliphatic carbocycles. The normalized spacial score (nSPS) is 16.4. The van der Waals surface area contributed by atoms with Gasteiger partial charge in [-0.25, -0.2) is 4.98 Å². The number of ether oxygens (including phenoxy) is 2. The van der Waals surface area contributed by atoms with E-state index in [4.69, 9.17) is 9.47 Å². The van der Waals surface area contributed by atoms with E-state index in [-0.39, 0.29) is 6.10 Å². The third-order valence-corrected chi connectivity index (χ3v) is 3.88. The number of aromatic nitrogens is 2. The van der Waals surface area contributed by atoms with Crippen molar-refractivity contribution in [1.82, 2.24) is 14.9 Å². The molecule has 1 aliphatic rings. The van der Waals surface area contributed by atoms with Gasteiger partial charge in [-0.05, 0) is 30.5 Å². The second-order valence-electron chi connectivity index (χ2n) is 5.49. The van der Waals surface area contributed by atoms with Crippen molar-refractivity contribution in [3.63, 3.8) is 0 Å². The number of hydrogen-bond acceptors (Lipinski definition) is 5. The van der Waals surface area contributed by atoms with E-state index < -0.39 is 0 Å². The minimum Gasteiger partial charge on any atom is -0.489 e. The first-order valence-corrected chi connectivity index (χ1v) is 7.61. The second-order valence-corrected chi connectivity index (χ2v) is 5.49. The summed E-state index contributed by atoms with van der Waals surface area (Å²) < 4.78 is 11.0. The Morgan fingerprint density at radius 1 is 1.18 bits per heavy atom. The molecule has 0 atom stereocenters. The molecule has 3 rings (SSSR count). The molecule has 5 nitrogen and oxygen atoms in total. The van der Waals surface area contributed by atoms with E-state index in [0.717, 1.165) is 38.2 Å². The third-order valence-electron chi connectivity index (χ3n) is 3.88. The minimum atomic E-state index is 0.287. The van der Waals surface area contributed by atoms with Crippen molar-refractivity contribution in [2.24, 2.45) is 0 Å². The summed E-state index contributed by atoms with van der Waals surface area (Å²) in [6.07, 6.45) is 7.79. The number of likely N-dealkylation sites (tertiary alicyclic amines) is 1. The highest BCUT2D eigenvalue weighted by Gasteiger charge is 2.20. The fraction of sp³-hybridized carbons (Fsp3) is 0.412. The van der Waals surface area contributed by atoms with Gasteiger partial charge in [-0.2, -0.15) is 0 Å². The summed E-state index contributed by atoms with van der Waals surface area (Å²) in [5.41, 5.74) is 1.22. The highest BCUT2D eigenvalue weighted by Crippen LogP contribution is 2.19. The molecule has 0 amide bonds. The molecule has 2 aromatic rings. The van der Waals surface area contributed by atoms with Crippen molar-refractivity contribution in [3.8, 4) is 11.6 Å². The molecule has 0 unspecified atom stereocenters. The van der Waals surface area contributed by atoms with Gasteiger partial charge < -0.3 is 9.47 Å². The monoisotopic (exact) mass is 299 g/mol. The molecular weight excluding hydrogens is 278 g/mol. The van der Waals surface area contributed by atoms with Crippen LogP contribution in [0.4, 0.5) is 0 Å². The second kappa shape index (κ2) is 7.22. The molecule has 116 valence electrons. The first-order valence-electron chi connectivity index (χ1n) is 7.61. The lowest BCUT2D eigenvalue weighted by Crippen LogP contribution is -2.37. The summed E-state index contributed by atoms with van der Waals surface area (Å²) in [4.78, 5) is 10.8. The summed E-state index contributed by atoms with van der Waals surface area (Å²) >= 11 is 0. The van der Waals surface area contributed by atoms with Gasteiger partial charge in [0.1, 0.15) is 11.9 Å². The predicted octanol–water partition coefficient (Wildman–Crippen LogP) is 2.53. The molecule has 0 bridgehead atoms. The molecule has 0 saturated carbocycles. The first kappa shape index (κ1) is 14.8. The predicted molar refractivity (Wildman–Crippen MR) is 84.0 cm³/mol. The number of methoxy groups -OCH3 is 1. The summed E-state index contributed by atoms with van der Waals surface area (Å²) in [5, 5.41) is 0. The van der Waals surface area contributed by atoms with Crippen LogP contribution in [0.2, 0.25) is 0 Å². The van der Waals surface area contributed by atoms with Gasteiger partial charge in [0, 0.05) is 38.1 Å². The standard InChI is InChI=1S/C17H21N3O2/c1-21-17-5-4-14(11-19-17)13-20-9-6-15(7-10-20)22-16-3-2-8-18-12-16/h2-5,8,11-12,15H,6-7,9-10,13H2,1H3. The Hall–Kier alpha value is -2.14. The lowest BCUT2D eigenvalue weighted by atomic mass is 10.1. The van der Waals surface area contributed by atoms with Crippen molar-refractivity contribution < 1.29 is 9.47 Å². The van der Waals surface area contributed by atoms with Crippen molar-refractivity contribution in [2.45, 2.75) is 25.5 Å². The van der Waals surface area contributed by atoms with Gasteiger partial charge in [0.05, 0.1) is 13.3 Å². The number of pyridine rings is 2. The lowest BCUT2D eigenvalue weighted by molar-refractivity contribution is 0.0964. The highest BCUT2D eigenvalue weighted by atomic mass is 16.5. The van der Waals surface area contributed by atoms with E-state index in [1.807, 2.05) is 24.4 Å². The quantitative estimate of drug-likeness (QED) is 0.849. The number of hydrogen-bond donors (Lipinski definition) is 0. The van der Waals surface area contributed by atoms with Crippen LogP contribution in [0.15, 0.2) is 42.9 Å². The summed E-state index contributed by atoms with van der Waals surface area (Å²) in [5.74, 6) is 1.52. The lowest BCUT2D eigenvalue weighted by Gasteiger charge is -2.32. The number of piperidine rings is 1. The molecule has 0 spiro atoms. The van der Waals surface area contributed by atoms with Crippen LogP contribution in [0.3, 0.4) is 0 Å². The van der Waals surface area contributed by atoms with Crippen LogP contribution in [-0.2, 0) is 6.54 Å². The topological polar surface area (TPSA) is 47.5 Å². The zero-order valence-electron chi connectivity index (χ0n) is 12.8. The molecule has 1 fully saturated rings. The van der Waals surface area contributed by atoms with Gasteiger partial charge in [0.15, 0.2) is 0 Å². The average Bonchev–Trinajstić information content (AvgIpc) is 2.58. The van der Waals surface area contributed by atoms with Crippen LogP contribution in [0, 0.1) is 0 Å². The third kappa shape index (κ3) is 3.95. The van der Waals surface area contributed by atoms with E-state index >= 15 is 0 Å². The van der Waals surface area contributed by atoms with Crippen LogP contribution in [0.25, 0.3) is 0 Å². The Balaban J connectivity index is 1.47. The van der Waals surface area contributed by atoms with Crippen LogP contribution in [0.5, 0.6) is 11.6 Å². The Labute approximate surface area is 130 Å². The van der Waals surface area contributed by atoms with Crippen molar-refractivity contribution in [3.05, 3.63) is 48.4 Å². The van der Waals surface area contributed by atoms with Gasteiger partial charge >= 0.3 is 0 Å². The zero-order valence-corrected chi connectivity index (χ0v) is 12.8. The average molecular weight is 299 g/mol. The fourth-order valence-corrected chi connectivity index (χ4v) is 2.68. The van der Waals surface area contributed by atoms with Crippen LogP contribution >= 0.6 is 0 Å². The molecule has 0 radical (unpaired) electrons. The molecule has 22 heavy (non-hydrogen) atoms. The first-order chi connectivity index (χ1) is 10.8. The largest absolute Gasteiger partial charge is 0.489 e. The van der Waals surface area contributed by atoms with Crippen molar-refractivity contribution >= 4 is 0 Å². The maximum Gasteiger partial charge on any atom is 0.212 e. The van der Waals surface area contributed by atoms with Crippen LogP contribution in [-0.4, -0.2) is 41.2 Å². The molecule has 1 saturated heterocycles. The Bertz CT molecular complexity index is 566.